The molecule has 2 N–H and O–H groups in total. The average molecular weight is 290 g/mol. The maximum atomic E-state index is 3.43. The number of likely N-dealkylation sites (tertiary alicyclic amines) is 1. The van der Waals surface area contributed by atoms with Crippen LogP contribution in [-0.2, 0) is 0 Å². The number of hydrogen-bond acceptors (Lipinski definition) is 4. The molecule has 0 bridgehead atoms. The molecule has 118 valence electrons. The van der Waals surface area contributed by atoms with E-state index in [-0.39, 0.29) is 0 Å². The van der Waals surface area contributed by atoms with Gasteiger partial charge >= 0.3 is 0 Å². The largest absolute Gasteiger partial charge is 0.369 e. The molecule has 4 heteroatoms. The van der Waals surface area contributed by atoms with Crippen molar-refractivity contribution in [3.05, 3.63) is 24.2 Å². The summed E-state index contributed by atoms with van der Waals surface area (Å²) in [6.45, 7) is 4.66. The maximum Gasteiger partial charge on any atom is 0.0563 e. The molecule has 2 fully saturated rings. The SMILES string of the molecule is CN[C@@H]1CCN(C2=CN(C(C)C3CCCCC3)NC=C2)C1. The lowest BCUT2D eigenvalue weighted by atomic mass is 9.84. The number of allylic oxidation sites excluding steroid dienone is 1. The lowest BCUT2D eigenvalue weighted by Gasteiger charge is -2.38. The zero-order valence-corrected chi connectivity index (χ0v) is 13.5. The van der Waals surface area contributed by atoms with Crippen molar-refractivity contribution in [2.45, 2.75) is 57.5 Å². The Kier molecular flexibility index (Phi) is 4.73. The van der Waals surface area contributed by atoms with Gasteiger partial charge in [0.15, 0.2) is 0 Å². The minimum Gasteiger partial charge on any atom is -0.369 e. The van der Waals surface area contributed by atoms with E-state index in [1.54, 1.807) is 0 Å². The van der Waals surface area contributed by atoms with E-state index < -0.39 is 0 Å². The van der Waals surface area contributed by atoms with E-state index in [0.717, 1.165) is 19.0 Å². The van der Waals surface area contributed by atoms with Crippen LogP contribution < -0.4 is 10.7 Å². The highest BCUT2D eigenvalue weighted by Gasteiger charge is 2.27. The topological polar surface area (TPSA) is 30.5 Å². The van der Waals surface area contributed by atoms with Crippen LogP contribution in [0.1, 0.15) is 45.4 Å². The van der Waals surface area contributed by atoms with E-state index in [9.17, 15) is 0 Å². The van der Waals surface area contributed by atoms with Gasteiger partial charge in [0, 0.05) is 37.6 Å². The van der Waals surface area contributed by atoms with Gasteiger partial charge in [0.2, 0.25) is 0 Å². The monoisotopic (exact) mass is 290 g/mol. The van der Waals surface area contributed by atoms with Gasteiger partial charge in [-0.1, -0.05) is 19.3 Å². The Labute approximate surface area is 129 Å². The van der Waals surface area contributed by atoms with Gasteiger partial charge in [0.05, 0.1) is 5.70 Å². The zero-order valence-electron chi connectivity index (χ0n) is 13.5. The molecular formula is C17H30N4. The Morgan fingerprint density at radius 2 is 2.05 bits per heavy atom. The minimum atomic E-state index is 0.577. The van der Waals surface area contributed by atoms with Crippen LogP contribution >= 0.6 is 0 Å². The Bertz CT molecular complexity index is 398. The van der Waals surface area contributed by atoms with Gasteiger partial charge in [-0.2, -0.15) is 0 Å². The van der Waals surface area contributed by atoms with Crippen molar-refractivity contribution in [2.75, 3.05) is 20.1 Å². The predicted molar refractivity (Wildman–Crippen MR) is 87.3 cm³/mol. The van der Waals surface area contributed by atoms with E-state index in [2.05, 4.69) is 53.1 Å². The van der Waals surface area contributed by atoms with E-state index >= 15 is 0 Å². The summed E-state index contributed by atoms with van der Waals surface area (Å²) in [6, 6.07) is 1.21. The van der Waals surface area contributed by atoms with Crippen LogP contribution in [0.25, 0.3) is 0 Å². The first-order chi connectivity index (χ1) is 10.3. The van der Waals surface area contributed by atoms with Crippen LogP contribution in [-0.4, -0.2) is 42.1 Å². The summed E-state index contributed by atoms with van der Waals surface area (Å²) in [7, 11) is 2.07. The van der Waals surface area contributed by atoms with Crippen molar-refractivity contribution in [2.24, 2.45) is 5.92 Å². The van der Waals surface area contributed by atoms with Gasteiger partial charge in [-0.05, 0) is 45.2 Å². The van der Waals surface area contributed by atoms with E-state index in [1.165, 1.54) is 44.2 Å². The Morgan fingerprint density at radius 3 is 2.76 bits per heavy atom. The number of rotatable bonds is 4. The summed E-state index contributed by atoms with van der Waals surface area (Å²) in [5.41, 5.74) is 4.78. The van der Waals surface area contributed by atoms with Crippen molar-refractivity contribution >= 4 is 0 Å². The second-order valence-corrected chi connectivity index (χ2v) is 6.78. The second kappa shape index (κ2) is 6.73. The first-order valence-corrected chi connectivity index (χ1v) is 8.63. The van der Waals surface area contributed by atoms with Crippen molar-refractivity contribution in [1.82, 2.24) is 20.7 Å². The highest BCUT2D eigenvalue weighted by molar-refractivity contribution is 5.21. The average Bonchev–Trinajstić information content (AvgIpc) is 3.04. The number of hydrogen-bond donors (Lipinski definition) is 2. The normalized spacial score (nSPS) is 28.5. The van der Waals surface area contributed by atoms with Gasteiger partial charge in [-0.25, -0.2) is 0 Å². The smallest absolute Gasteiger partial charge is 0.0563 e. The van der Waals surface area contributed by atoms with Crippen molar-refractivity contribution < 1.29 is 0 Å². The quantitative estimate of drug-likeness (QED) is 0.832. The molecule has 2 atom stereocenters. The van der Waals surface area contributed by atoms with Crippen LogP contribution in [0.15, 0.2) is 24.2 Å². The molecule has 0 amide bonds. The molecule has 3 aliphatic rings. The molecule has 3 rings (SSSR count). The molecule has 0 radical (unpaired) electrons. The first-order valence-electron chi connectivity index (χ1n) is 8.63. The first kappa shape index (κ1) is 14.8. The van der Waals surface area contributed by atoms with Crippen molar-refractivity contribution in [3.8, 4) is 0 Å². The minimum absolute atomic E-state index is 0.577. The molecule has 0 aromatic rings. The highest BCUT2D eigenvalue weighted by atomic mass is 15.5. The molecule has 1 aliphatic carbocycles. The van der Waals surface area contributed by atoms with E-state index in [4.69, 9.17) is 0 Å². The molecule has 2 heterocycles. The lowest BCUT2D eigenvalue weighted by Crippen LogP contribution is -2.44. The van der Waals surface area contributed by atoms with Crippen LogP contribution in [0.4, 0.5) is 0 Å². The fourth-order valence-corrected chi connectivity index (χ4v) is 3.93. The summed E-state index contributed by atoms with van der Waals surface area (Å²) >= 11 is 0. The van der Waals surface area contributed by atoms with Crippen molar-refractivity contribution in [3.63, 3.8) is 0 Å². The van der Waals surface area contributed by atoms with Gasteiger partial charge in [0.25, 0.3) is 0 Å². The lowest BCUT2D eigenvalue weighted by molar-refractivity contribution is 0.142. The van der Waals surface area contributed by atoms with Gasteiger partial charge in [-0.3, -0.25) is 5.01 Å². The molecule has 0 aromatic carbocycles. The molecule has 0 aromatic heterocycles. The molecular weight excluding hydrogens is 260 g/mol. The predicted octanol–water partition coefficient (Wildman–Crippen LogP) is 2.42. The molecule has 21 heavy (non-hydrogen) atoms. The highest BCUT2D eigenvalue weighted by Crippen LogP contribution is 2.29. The summed E-state index contributed by atoms with van der Waals surface area (Å²) in [5.74, 6) is 0.832. The van der Waals surface area contributed by atoms with E-state index in [1.807, 2.05) is 0 Å². The Balaban J connectivity index is 1.63. The molecule has 1 saturated carbocycles. The standard InChI is InChI=1S/C17H30N4/c1-14(15-6-4-3-5-7-15)21-13-17(8-10-19-21)20-11-9-16(12-20)18-2/h8,10,13-16,18-19H,3-7,9,11-12H2,1-2H3/t14?,16-/m1/s1. The Morgan fingerprint density at radius 1 is 1.24 bits per heavy atom. The van der Waals surface area contributed by atoms with Crippen LogP contribution in [0.3, 0.4) is 0 Å². The van der Waals surface area contributed by atoms with Crippen LogP contribution in [0.5, 0.6) is 0 Å². The summed E-state index contributed by atoms with van der Waals surface area (Å²) in [6.07, 6.45) is 14.9. The fourth-order valence-electron chi connectivity index (χ4n) is 3.93. The van der Waals surface area contributed by atoms with Gasteiger partial charge in [-0.15, -0.1) is 0 Å². The third kappa shape index (κ3) is 3.37. The molecule has 0 spiro atoms. The molecule has 4 nitrogen and oxygen atoms in total. The number of hydrazine groups is 1. The van der Waals surface area contributed by atoms with Crippen molar-refractivity contribution in [1.29, 1.82) is 0 Å². The number of likely N-dealkylation sites (N-methyl/N-ethyl adjacent to an activating group) is 1. The molecule has 1 saturated heterocycles. The number of nitrogens with zero attached hydrogens (tertiary/aromatic N) is 2. The zero-order chi connectivity index (χ0) is 14.7. The summed E-state index contributed by atoms with van der Waals surface area (Å²) in [4.78, 5) is 2.50. The fraction of sp³-hybridized carbons (Fsp3) is 0.765. The van der Waals surface area contributed by atoms with E-state index in [0.29, 0.717) is 12.1 Å². The van der Waals surface area contributed by atoms with Crippen LogP contribution in [0, 0.1) is 5.92 Å². The van der Waals surface area contributed by atoms with Gasteiger partial charge in [0.1, 0.15) is 0 Å². The van der Waals surface area contributed by atoms with Gasteiger partial charge < -0.3 is 15.6 Å². The molecule has 2 aliphatic heterocycles. The maximum absolute atomic E-state index is 3.43. The second-order valence-electron chi connectivity index (χ2n) is 6.78. The third-order valence-corrected chi connectivity index (χ3v) is 5.48. The molecule has 1 unspecified atom stereocenters. The summed E-state index contributed by atoms with van der Waals surface area (Å²) in [5, 5.41) is 5.73. The summed E-state index contributed by atoms with van der Waals surface area (Å²) < 4.78 is 0. The Hall–Kier alpha value is -1.16. The van der Waals surface area contributed by atoms with Crippen LogP contribution in [0.2, 0.25) is 0 Å². The number of nitrogens with one attached hydrogen (secondary N) is 2. The third-order valence-electron chi connectivity index (χ3n) is 5.48.